The van der Waals surface area contributed by atoms with Crippen molar-refractivity contribution in [2.75, 3.05) is 0 Å². The van der Waals surface area contributed by atoms with Crippen LogP contribution in [-0.4, -0.2) is 21.0 Å². The third-order valence-corrected chi connectivity index (χ3v) is 2.12. The number of carbonyl (C=O) groups excluding carboxylic acids is 1. The fraction of sp³-hybridized carbons (Fsp3) is 0.222. The smallest absolute Gasteiger partial charge is 0.328 e. The Kier molecular flexibility index (Phi) is 3.08. The number of para-hydroxylation sites is 1. The molecule has 0 spiro atoms. The predicted molar refractivity (Wildman–Crippen MR) is 55.6 cm³/mol. The molecule has 7 nitrogen and oxygen atoms in total. The molecule has 1 aromatic carbocycles. The van der Waals surface area contributed by atoms with E-state index in [1.54, 1.807) is 4.68 Å². The molecule has 0 fully saturated rings. The molecule has 0 atom stereocenters. The number of aryl methyl sites for hydroxylation is 1. The van der Waals surface area contributed by atoms with Crippen LogP contribution in [-0.2, 0) is 16.2 Å². The maximum absolute atomic E-state index is 11.0. The third kappa shape index (κ3) is 2.15. The largest absolute Gasteiger partial charge is 0.356 e. The summed E-state index contributed by atoms with van der Waals surface area (Å²) in [7, 11) is 0. The van der Waals surface area contributed by atoms with Crippen molar-refractivity contribution in [3.8, 4) is 0 Å². The van der Waals surface area contributed by atoms with Gasteiger partial charge in [0, 0.05) is 0 Å². The lowest BCUT2D eigenvalue weighted by Gasteiger charge is -2.01. The molecular formula is C9H11N5O2. The van der Waals surface area contributed by atoms with E-state index < -0.39 is 5.97 Å². The van der Waals surface area contributed by atoms with Gasteiger partial charge in [-0.3, -0.25) is 4.79 Å². The molecule has 1 aromatic heterocycles. The molecule has 1 heterocycles. The lowest BCUT2D eigenvalue weighted by Crippen LogP contribution is -2.26. The highest BCUT2D eigenvalue weighted by Crippen LogP contribution is 2.09. The van der Waals surface area contributed by atoms with Crippen LogP contribution in [0.15, 0.2) is 24.3 Å². The number of hydrazine groups is 1. The zero-order valence-corrected chi connectivity index (χ0v) is 8.46. The lowest BCUT2D eigenvalue weighted by molar-refractivity contribution is -0.151. The molecule has 0 amide bonds. The highest BCUT2D eigenvalue weighted by Gasteiger charge is 2.06. The van der Waals surface area contributed by atoms with Crippen LogP contribution in [0.1, 0.15) is 6.42 Å². The Hall–Kier alpha value is -1.99. The summed E-state index contributed by atoms with van der Waals surface area (Å²) < 4.78 is 1.65. The summed E-state index contributed by atoms with van der Waals surface area (Å²) in [6, 6.07) is 7.52. The molecule has 3 N–H and O–H groups in total. The van der Waals surface area contributed by atoms with Crippen LogP contribution in [0.25, 0.3) is 11.0 Å². The highest BCUT2D eigenvalue weighted by molar-refractivity contribution is 5.74. The number of hydrogen-bond acceptors (Lipinski definition) is 6. The van der Waals surface area contributed by atoms with Gasteiger partial charge < -0.3 is 4.84 Å². The molecule has 0 aliphatic carbocycles. The maximum Gasteiger partial charge on any atom is 0.328 e. The van der Waals surface area contributed by atoms with Crippen LogP contribution >= 0.6 is 0 Å². The number of rotatable bonds is 4. The maximum atomic E-state index is 11.0. The van der Waals surface area contributed by atoms with E-state index in [1.165, 1.54) is 0 Å². The zero-order chi connectivity index (χ0) is 11.4. The second-order valence-electron chi connectivity index (χ2n) is 3.14. The Balaban J connectivity index is 2.07. The van der Waals surface area contributed by atoms with Crippen molar-refractivity contribution in [1.29, 1.82) is 0 Å². The minimum absolute atomic E-state index is 0.178. The Labute approximate surface area is 91.1 Å². The summed E-state index contributed by atoms with van der Waals surface area (Å²) in [4.78, 5) is 15.4. The van der Waals surface area contributed by atoms with Gasteiger partial charge in [-0.1, -0.05) is 22.9 Å². The van der Waals surface area contributed by atoms with Gasteiger partial charge in [0.15, 0.2) is 0 Å². The molecule has 0 unspecified atom stereocenters. The van der Waals surface area contributed by atoms with Crippen molar-refractivity contribution in [2.45, 2.75) is 13.0 Å². The number of aromatic nitrogens is 3. The lowest BCUT2D eigenvalue weighted by atomic mass is 10.3. The van der Waals surface area contributed by atoms with Gasteiger partial charge >= 0.3 is 5.97 Å². The summed E-state index contributed by atoms with van der Waals surface area (Å²) in [6.45, 7) is 0.404. The second-order valence-corrected chi connectivity index (χ2v) is 3.14. The van der Waals surface area contributed by atoms with E-state index >= 15 is 0 Å². The van der Waals surface area contributed by atoms with Gasteiger partial charge in [0.1, 0.15) is 5.52 Å². The van der Waals surface area contributed by atoms with Gasteiger partial charge in [0.2, 0.25) is 0 Å². The first-order valence-electron chi connectivity index (χ1n) is 4.75. The first-order valence-corrected chi connectivity index (χ1v) is 4.75. The van der Waals surface area contributed by atoms with Crippen molar-refractivity contribution in [3.05, 3.63) is 24.3 Å². The topological polar surface area (TPSA) is 95.1 Å². The number of nitrogens with zero attached hydrogens (tertiary/aromatic N) is 3. The third-order valence-electron chi connectivity index (χ3n) is 2.12. The molecule has 16 heavy (non-hydrogen) atoms. The van der Waals surface area contributed by atoms with Crippen molar-refractivity contribution in [1.82, 2.24) is 20.6 Å². The Morgan fingerprint density at radius 1 is 1.50 bits per heavy atom. The van der Waals surface area contributed by atoms with Crippen LogP contribution in [0.3, 0.4) is 0 Å². The summed E-state index contributed by atoms with van der Waals surface area (Å²) in [6.07, 6.45) is 0.178. The second kappa shape index (κ2) is 4.69. The Morgan fingerprint density at radius 2 is 2.31 bits per heavy atom. The van der Waals surface area contributed by atoms with E-state index in [2.05, 4.69) is 15.1 Å². The number of benzene rings is 1. The monoisotopic (exact) mass is 221 g/mol. The van der Waals surface area contributed by atoms with Gasteiger partial charge in [0.25, 0.3) is 0 Å². The van der Waals surface area contributed by atoms with Crippen LogP contribution < -0.4 is 11.4 Å². The predicted octanol–water partition coefficient (Wildman–Crippen LogP) is -0.257. The average molecular weight is 221 g/mol. The van der Waals surface area contributed by atoms with E-state index in [-0.39, 0.29) is 6.42 Å². The zero-order valence-electron chi connectivity index (χ0n) is 8.46. The number of nitrogens with one attached hydrogen (secondary N) is 1. The van der Waals surface area contributed by atoms with Crippen molar-refractivity contribution in [3.63, 3.8) is 0 Å². The fourth-order valence-corrected chi connectivity index (χ4v) is 1.40. The van der Waals surface area contributed by atoms with Crippen LogP contribution in [0.5, 0.6) is 0 Å². The van der Waals surface area contributed by atoms with Crippen LogP contribution in [0.2, 0.25) is 0 Å². The van der Waals surface area contributed by atoms with Gasteiger partial charge in [-0.15, -0.1) is 5.10 Å². The van der Waals surface area contributed by atoms with E-state index in [4.69, 9.17) is 5.84 Å². The van der Waals surface area contributed by atoms with Gasteiger partial charge in [-0.2, -0.15) is 0 Å². The van der Waals surface area contributed by atoms with E-state index in [9.17, 15) is 4.79 Å². The molecule has 7 heteroatoms. The standard InChI is InChI=1S/C9H11N5O2/c10-12-16-9(15)5-6-14-8-4-2-1-3-7(8)11-13-14/h1-4,12H,5-6,10H2. The fourth-order valence-electron chi connectivity index (χ4n) is 1.40. The van der Waals surface area contributed by atoms with Gasteiger partial charge in [-0.05, 0) is 12.1 Å². The molecular weight excluding hydrogens is 210 g/mol. The molecule has 0 aliphatic heterocycles. The molecule has 0 bridgehead atoms. The van der Waals surface area contributed by atoms with Crippen LogP contribution in [0.4, 0.5) is 0 Å². The number of hydrogen-bond donors (Lipinski definition) is 2. The molecule has 0 radical (unpaired) electrons. The summed E-state index contributed by atoms with van der Waals surface area (Å²) in [5, 5.41) is 7.90. The van der Waals surface area contributed by atoms with Gasteiger partial charge in [-0.25, -0.2) is 10.5 Å². The van der Waals surface area contributed by atoms with Crippen molar-refractivity contribution in [2.24, 2.45) is 5.84 Å². The molecule has 84 valence electrons. The minimum Gasteiger partial charge on any atom is -0.356 e. The van der Waals surface area contributed by atoms with Crippen LogP contribution in [0, 0.1) is 0 Å². The van der Waals surface area contributed by atoms with Crippen molar-refractivity contribution >= 4 is 17.0 Å². The quantitative estimate of drug-likeness (QED) is 0.545. The SMILES string of the molecule is NNOC(=O)CCn1nnc2ccccc21. The highest BCUT2D eigenvalue weighted by atomic mass is 16.7. The number of carbonyl (C=O) groups is 1. The summed E-state index contributed by atoms with van der Waals surface area (Å²) in [5.41, 5.74) is 3.52. The first-order chi connectivity index (χ1) is 7.81. The normalized spacial score (nSPS) is 10.6. The molecule has 2 aromatic rings. The summed E-state index contributed by atoms with van der Waals surface area (Å²) in [5.74, 6) is 4.40. The number of fused-ring (bicyclic) bond motifs is 1. The molecule has 2 rings (SSSR count). The van der Waals surface area contributed by atoms with E-state index in [0.29, 0.717) is 6.54 Å². The first kappa shape index (κ1) is 10.5. The molecule has 0 saturated carbocycles. The number of nitrogens with two attached hydrogens (primary N) is 1. The van der Waals surface area contributed by atoms with E-state index in [0.717, 1.165) is 11.0 Å². The minimum atomic E-state index is -0.443. The van der Waals surface area contributed by atoms with Crippen molar-refractivity contribution < 1.29 is 9.63 Å². The molecule has 0 saturated heterocycles. The Morgan fingerprint density at radius 3 is 3.12 bits per heavy atom. The Bertz CT molecular complexity index is 495. The average Bonchev–Trinajstić information content (AvgIpc) is 2.70. The molecule has 0 aliphatic rings. The van der Waals surface area contributed by atoms with Gasteiger partial charge in [0.05, 0.1) is 18.5 Å². The van der Waals surface area contributed by atoms with E-state index in [1.807, 2.05) is 29.9 Å². The summed E-state index contributed by atoms with van der Waals surface area (Å²) >= 11 is 0.